The molecule has 1 aliphatic rings. The van der Waals surface area contributed by atoms with Crippen LogP contribution in [0.25, 0.3) is 11.5 Å². The molecule has 2 aromatic carbocycles. The molecule has 1 aromatic heterocycles. The Morgan fingerprint density at radius 1 is 1.17 bits per heavy atom. The van der Waals surface area contributed by atoms with Crippen LogP contribution in [0.2, 0.25) is 0 Å². The molecule has 2 heterocycles. The van der Waals surface area contributed by atoms with Gasteiger partial charge in [-0.15, -0.1) is 12.4 Å². The Balaban J connectivity index is 0.00000240. The van der Waals surface area contributed by atoms with Gasteiger partial charge < -0.3 is 9.84 Å². The number of piperazine rings is 1. The second-order valence-corrected chi connectivity index (χ2v) is 8.34. The number of hydrogen-bond donors (Lipinski definition) is 2. The van der Waals surface area contributed by atoms with Crippen LogP contribution < -0.4 is 10.0 Å². The lowest BCUT2D eigenvalue weighted by molar-refractivity contribution is 0.190. The van der Waals surface area contributed by atoms with Crippen LogP contribution in [-0.4, -0.2) is 50.1 Å². The van der Waals surface area contributed by atoms with Crippen molar-refractivity contribution in [3.05, 3.63) is 60.4 Å². The van der Waals surface area contributed by atoms with Crippen LogP contribution in [0.15, 0.2) is 64.0 Å². The molecule has 1 atom stereocenters. The van der Waals surface area contributed by atoms with Gasteiger partial charge in [0, 0.05) is 30.9 Å². The third-order valence-corrected chi connectivity index (χ3v) is 6.06. The van der Waals surface area contributed by atoms with Gasteiger partial charge in [0.15, 0.2) is 5.82 Å². The molecule has 1 aliphatic heterocycles. The molecule has 10 heteroatoms. The van der Waals surface area contributed by atoms with Gasteiger partial charge in [0.05, 0.1) is 10.9 Å². The molecule has 154 valence electrons. The number of rotatable bonds is 5. The first kappa shape index (κ1) is 21.3. The molecule has 1 fully saturated rings. The van der Waals surface area contributed by atoms with Crippen LogP contribution >= 0.6 is 12.4 Å². The van der Waals surface area contributed by atoms with Crippen molar-refractivity contribution in [3.8, 4) is 11.5 Å². The molecule has 1 saturated heterocycles. The summed E-state index contributed by atoms with van der Waals surface area (Å²) in [4.78, 5) is 6.89. The molecule has 8 nitrogen and oxygen atoms in total. The average molecular weight is 436 g/mol. The van der Waals surface area contributed by atoms with Gasteiger partial charge in [0.2, 0.25) is 0 Å². The van der Waals surface area contributed by atoms with Gasteiger partial charge in [-0.3, -0.25) is 9.62 Å². The van der Waals surface area contributed by atoms with E-state index in [-0.39, 0.29) is 23.3 Å². The monoisotopic (exact) mass is 435 g/mol. The minimum Gasteiger partial charge on any atom is -0.334 e. The van der Waals surface area contributed by atoms with Crippen molar-refractivity contribution in [1.29, 1.82) is 0 Å². The zero-order valence-corrected chi connectivity index (χ0v) is 17.4. The quantitative estimate of drug-likeness (QED) is 0.635. The molecule has 29 heavy (non-hydrogen) atoms. The third kappa shape index (κ3) is 4.76. The molecule has 0 spiro atoms. The van der Waals surface area contributed by atoms with E-state index in [0.29, 0.717) is 23.0 Å². The van der Waals surface area contributed by atoms with E-state index < -0.39 is 10.0 Å². The van der Waals surface area contributed by atoms with E-state index in [1.165, 1.54) is 0 Å². The second kappa shape index (κ2) is 8.91. The highest BCUT2D eigenvalue weighted by molar-refractivity contribution is 7.92. The Bertz CT molecular complexity index is 1060. The Morgan fingerprint density at radius 3 is 2.72 bits per heavy atom. The Kier molecular flexibility index (Phi) is 6.53. The fraction of sp³-hybridized carbons (Fsp3) is 0.263. The van der Waals surface area contributed by atoms with Crippen molar-refractivity contribution in [3.63, 3.8) is 0 Å². The number of benzene rings is 2. The molecule has 0 bridgehead atoms. The number of aromatic nitrogens is 2. The number of nitrogens with zero attached hydrogens (tertiary/aromatic N) is 3. The lowest BCUT2D eigenvalue weighted by Gasteiger charge is -2.30. The molecule has 4 rings (SSSR count). The summed E-state index contributed by atoms with van der Waals surface area (Å²) in [5.41, 5.74) is 1.08. The second-order valence-electron chi connectivity index (χ2n) is 6.66. The van der Waals surface area contributed by atoms with Gasteiger partial charge in [0.1, 0.15) is 0 Å². The Labute approximate surface area is 175 Å². The summed E-state index contributed by atoms with van der Waals surface area (Å²) in [7, 11) is -1.63. The van der Waals surface area contributed by atoms with E-state index >= 15 is 0 Å². The maximum absolute atomic E-state index is 12.5. The number of sulfonamides is 1. The Hall–Kier alpha value is -2.46. The normalized spacial score (nSPS) is 17.5. The fourth-order valence-electron chi connectivity index (χ4n) is 3.11. The molecule has 0 amide bonds. The summed E-state index contributed by atoms with van der Waals surface area (Å²) >= 11 is 0. The fourth-order valence-corrected chi connectivity index (χ4v) is 4.18. The zero-order valence-electron chi connectivity index (χ0n) is 15.8. The van der Waals surface area contributed by atoms with Gasteiger partial charge in [0.25, 0.3) is 15.9 Å². The summed E-state index contributed by atoms with van der Waals surface area (Å²) in [5, 5.41) is 7.44. The summed E-state index contributed by atoms with van der Waals surface area (Å²) in [6.07, 6.45) is 0. The Morgan fingerprint density at radius 2 is 1.97 bits per heavy atom. The van der Waals surface area contributed by atoms with Crippen molar-refractivity contribution in [2.75, 3.05) is 31.4 Å². The predicted molar refractivity (Wildman–Crippen MR) is 112 cm³/mol. The van der Waals surface area contributed by atoms with E-state index in [9.17, 15) is 8.42 Å². The van der Waals surface area contributed by atoms with E-state index in [1.807, 2.05) is 7.05 Å². The topological polar surface area (TPSA) is 100 Å². The van der Waals surface area contributed by atoms with Crippen molar-refractivity contribution < 1.29 is 12.9 Å². The molecule has 1 unspecified atom stereocenters. The molecular formula is C19H22ClN5O3S. The van der Waals surface area contributed by atoms with Gasteiger partial charge in [-0.25, -0.2) is 8.42 Å². The van der Waals surface area contributed by atoms with Crippen LogP contribution in [0.4, 0.5) is 5.69 Å². The van der Waals surface area contributed by atoms with Gasteiger partial charge in [-0.1, -0.05) is 29.4 Å². The number of nitrogens with one attached hydrogen (secondary N) is 2. The lowest BCUT2D eigenvalue weighted by Crippen LogP contribution is -2.44. The first-order chi connectivity index (χ1) is 13.5. The maximum Gasteiger partial charge on any atom is 0.261 e. The minimum atomic E-state index is -3.66. The molecule has 3 aromatic rings. The molecule has 0 radical (unpaired) electrons. The van der Waals surface area contributed by atoms with Crippen molar-refractivity contribution in [2.45, 2.75) is 10.9 Å². The average Bonchev–Trinajstić information content (AvgIpc) is 3.19. The van der Waals surface area contributed by atoms with Crippen LogP contribution in [-0.2, 0) is 10.0 Å². The summed E-state index contributed by atoms with van der Waals surface area (Å²) in [6.45, 7) is 2.60. The maximum atomic E-state index is 12.5. The molecule has 2 N–H and O–H groups in total. The molecule has 0 aliphatic carbocycles. The zero-order chi connectivity index (χ0) is 19.6. The smallest absolute Gasteiger partial charge is 0.261 e. The van der Waals surface area contributed by atoms with Crippen LogP contribution in [0.5, 0.6) is 0 Å². The highest BCUT2D eigenvalue weighted by atomic mass is 35.5. The summed E-state index contributed by atoms with van der Waals surface area (Å²) in [5.74, 6) is 0.967. The van der Waals surface area contributed by atoms with Crippen LogP contribution in [0.3, 0.4) is 0 Å². The largest absolute Gasteiger partial charge is 0.334 e. The van der Waals surface area contributed by atoms with Crippen molar-refractivity contribution in [2.24, 2.45) is 0 Å². The molecular weight excluding hydrogens is 414 g/mol. The predicted octanol–water partition coefficient (Wildman–Crippen LogP) is 2.54. The van der Waals surface area contributed by atoms with E-state index in [1.54, 1.807) is 54.6 Å². The number of hydrogen-bond acceptors (Lipinski definition) is 7. The van der Waals surface area contributed by atoms with E-state index in [0.717, 1.165) is 19.6 Å². The SMILES string of the molecule is CN1CCNCC1c1noc(-c2cccc(NS(=O)(=O)c3ccccc3)c2)n1.Cl. The minimum absolute atomic E-state index is 0. The van der Waals surface area contributed by atoms with Gasteiger partial charge >= 0.3 is 0 Å². The van der Waals surface area contributed by atoms with Crippen molar-refractivity contribution >= 4 is 28.1 Å². The van der Waals surface area contributed by atoms with E-state index in [2.05, 4.69) is 25.1 Å². The summed E-state index contributed by atoms with van der Waals surface area (Å²) in [6, 6.07) is 15.2. The lowest BCUT2D eigenvalue weighted by atomic mass is 10.2. The highest BCUT2D eigenvalue weighted by Gasteiger charge is 2.25. The van der Waals surface area contributed by atoms with Crippen LogP contribution in [0.1, 0.15) is 11.9 Å². The van der Waals surface area contributed by atoms with Crippen LogP contribution in [0, 0.1) is 0 Å². The first-order valence-corrected chi connectivity index (χ1v) is 10.4. The summed E-state index contributed by atoms with van der Waals surface area (Å²) < 4.78 is 33.1. The third-order valence-electron chi connectivity index (χ3n) is 4.67. The van der Waals surface area contributed by atoms with Crippen molar-refractivity contribution in [1.82, 2.24) is 20.4 Å². The molecule has 0 saturated carbocycles. The first-order valence-electron chi connectivity index (χ1n) is 8.96. The number of likely N-dealkylation sites (N-methyl/N-ethyl adjacent to an activating group) is 1. The standard InChI is InChI=1S/C19H21N5O3S.ClH/c1-24-11-10-20-13-17(24)18-21-19(27-22-18)14-6-5-7-15(12-14)23-28(25,26)16-8-3-2-4-9-16;/h2-9,12,17,20,23H,10-11,13H2,1H3;1H. The van der Waals surface area contributed by atoms with Gasteiger partial charge in [-0.2, -0.15) is 4.98 Å². The number of halogens is 1. The number of anilines is 1. The highest BCUT2D eigenvalue weighted by Crippen LogP contribution is 2.25. The van der Waals surface area contributed by atoms with Gasteiger partial charge in [-0.05, 0) is 37.4 Å². The van der Waals surface area contributed by atoms with E-state index in [4.69, 9.17) is 4.52 Å².